The van der Waals surface area contributed by atoms with E-state index in [0.29, 0.717) is 44.2 Å². The van der Waals surface area contributed by atoms with Crippen LogP contribution in [0.2, 0.25) is 0 Å². The predicted molar refractivity (Wildman–Crippen MR) is 108 cm³/mol. The molecule has 0 spiro atoms. The molecule has 1 N–H and O–H groups in total. The standard InChI is InChI=1S/C22H24N2O5/c1-15-22(26)24(17-4-2-3-5-18(17)29-15)11-9-21(25)23-10-8-16-6-7-19-20(14-16)28-13-12-27-19/h2-7,14-15H,8-13H2,1H3,(H,23,25)/t15-/m0/s1. The third-order valence-corrected chi connectivity index (χ3v) is 4.98. The number of anilines is 1. The zero-order valence-electron chi connectivity index (χ0n) is 16.3. The number of amides is 2. The van der Waals surface area contributed by atoms with Gasteiger partial charge in [0.25, 0.3) is 5.91 Å². The van der Waals surface area contributed by atoms with Gasteiger partial charge in [-0.1, -0.05) is 18.2 Å². The summed E-state index contributed by atoms with van der Waals surface area (Å²) in [5, 5.41) is 2.92. The van der Waals surface area contributed by atoms with Gasteiger partial charge in [0.1, 0.15) is 19.0 Å². The van der Waals surface area contributed by atoms with E-state index in [1.54, 1.807) is 11.8 Å². The molecule has 0 unspecified atom stereocenters. The summed E-state index contributed by atoms with van der Waals surface area (Å²) in [6, 6.07) is 13.2. The monoisotopic (exact) mass is 396 g/mol. The zero-order chi connectivity index (χ0) is 20.2. The van der Waals surface area contributed by atoms with Crippen LogP contribution in [0, 0.1) is 0 Å². The van der Waals surface area contributed by atoms with Crippen molar-refractivity contribution in [1.82, 2.24) is 5.32 Å². The van der Waals surface area contributed by atoms with Crippen molar-refractivity contribution in [1.29, 1.82) is 0 Å². The normalized spacial score (nSPS) is 17.3. The van der Waals surface area contributed by atoms with Crippen molar-refractivity contribution < 1.29 is 23.8 Å². The molecule has 0 saturated heterocycles. The second kappa shape index (κ2) is 8.43. The van der Waals surface area contributed by atoms with Gasteiger partial charge in [-0.05, 0) is 43.2 Å². The summed E-state index contributed by atoms with van der Waals surface area (Å²) in [5.41, 5.74) is 1.78. The highest BCUT2D eigenvalue weighted by Gasteiger charge is 2.31. The summed E-state index contributed by atoms with van der Waals surface area (Å²) in [6.45, 7) is 3.67. The molecule has 2 aromatic rings. The third kappa shape index (κ3) is 4.29. The molecular weight excluding hydrogens is 372 g/mol. The molecule has 2 amide bonds. The number of nitrogens with one attached hydrogen (secondary N) is 1. The Morgan fingerprint density at radius 1 is 1.10 bits per heavy atom. The highest BCUT2D eigenvalue weighted by Crippen LogP contribution is 2.33. The summed E-state index contributed by atoms with van der Waals surface area (Å²) in [7, 11) is 0. The Morgan fingerprint density at radius 2 is 1.90 bits per heavy atom. The van der Waals surface area contributed by atoms with Gasteiger partial charge in [0.15, 0.2) is 17.6 Å². The Morgan fingerprint density at radius 3 is 2.76 bits per heavy atom. The van der Waals surface area contributed by atoms with E-state index < -0.39 is 6.10 Å². The quantitative estimate of drug-likeness (QED) is 0.811. The van der Waals surface area contributed by atoms with Crippen LogP contribution in [0.15, 0.2) is 42.5 Å². The minimum absolute atomic E-state index is 0.0908. The predicted octanol–water partition coefficient (Wildman–Crippen LogP) is 2.32. The molecule has 4 rings (SSSR count). The molecule has 2 aliphatic heterocycles. The van der Waals surface area contributed by atoms with Gasteiger partial charge in [0.2, 0.25) is 5.91 Å². The van der Waals surface area contributed by atoms with Crippen LogP contribution in [0.3, 0.4) is 0 Å². The van der Waals surface area contributed by atoms with Gasteiger partial charge in [-0.25, -0.2) is 0 Å². The van der Waals surface area contributed by atoms with Crippen molar-refractivity contribution >= 4 is 17.5 Å². The summed E-state index contributed by atoms with van der Waals surface area (Å²) in [6.07, 6.45) is 0.371. The second-order valence-corrected chi connectivity index (χ2v) is 7.05. The highest BCUT2D eigenvalue weighted by molar-refractivity contribution is 6.00. The fraction of sp³-hybridized carbons (Fsp3) is 0.364. The van der Waals surface area contributed by atoms with Gasteiger partial charge in [-0.15, -0.1) is 0 Å². The van der Waals surface area contributed by atoms with Crippen LogP contribution < -0.4 is 24.4 Å². The van der Waals surface area contributed by atoms with Crippen LogP contribution >= 0.6 is 0 Å². The SMILES string of the molecule is C[C@@H]1Oc2ccccc2N(CCC(=O)NCCc2ccc3c(c2)OCCO3)C1=O. The van der Waals surface area contributed by atoms with Gasteiger partial charge >= 0.3 is 0 Å². The number of benzene rings is 2. The lowest BCUT2D eigenvalue weighted by Crippen LogP contribution is -2.45. The number of fused-ring (bicyclic) bond motifs is 2. The first-order valence-corrected chi connectivity index (χ1v) is 9.84. The number of carbonyl (C=O) groups is 2. The van der Waals surface area contributed by atoms with E-state index in [0.717, 1.165) is 17.1 Å². The highest BCUT2D eigenvalue weighted by atomic mass is 16.6. The van der Waals surface area contributed by atoms with Crippen molar-refractivity contribution in [2.45, 2.75) is 25.9 Å². The smallest absolute Gasteiger partial charge is 0.267 e. The van der Waals surface area contributed by atoms with Crippen molar-refractivity contribution in [3.05, 3.63) is 48.0 Å². The summed E-state index contributed by atoms with van der Waals surface area (Å²) >= 11 is 0. The van der Waals surface area contributed by atoms with Crippen molar-refractivity contribution in [2.75, 3.05) is 31.2 Å². The van der Waals surface area contributed by atoms with E-state index in [1.807, 2.05) is 42.5 Å². The van der Waals surface area contributed by atoms with Gasteiger partial charge in [-0.2, -0.15) is 0 Å². The maximum atomic E-state index is 12.5. The van der Waals surface area contributed by atoms with Crippen LogP contribution in [-0.4, -0.2) is 44.2 Å². The molecule has 1 atom stereocenters. The first-order valence-electron chi connectivity index (χ1n) is 9.84. The van der Waals surface area contributed by atoms with Gasteiger partial charge in [0, 0.05) is 19.5 Å². The number of nitrogens with zero attached hydrogens (tertiary/aromatic N) is 1. The molecule has 0 fully saturated rings. The summed E-state index contributed by atoms with van der Waals surface area (Å²) in [4.78, 5) is 26.4. The number of ether oxygens (including phenoxy) is 3. The molecular formula is C22H24N2O5. The Hall–Kier alpha value is -3.22. The van der Waals surface area contributed by atoms with Gasteiger partial charge < -0.3 is 24.4 Å². The molecule has 29 heavy (non-hydrogen) atoms. The topological polar surface area (TPSA) is 77.1 Å². The number of hydrogen-bond donors (Lipinski definition) is 1. The molecule has 7 nitrogen and oxygen atoms in total. The molecule has 0 bridgehead atoms. The number of rotatable bonds is 6. The minimum Gasteiger partial charge on any atom is -0.486 e. The molecule has 0 aliphatic carbocycles. The first-order chi connectivity index (χ1) is 14.1. The van der Waals surface area contributed by atoms with E-state index in [-0.39, 0.29) is 18.2 Å². The lowest BCUT2D eigenvalue weighted by atomic mass is 10.1. The van der Waals surface area contributed by atoms with Crippen LogP contribution in [-0.2, 0) is 16.0 Å². The maximum Gasteiger partial charge on any atom is 0.267 e. The lowest BCUT2D eigenvalue weighted by molar-refractivity contribution is -0.125. The van der Waals surface area contributed by atoms with Crippen LogP contribution in [0.4, 0.5) is 5.69 Å². The average molecular weight is 396 g/mol. The number of para-hydroxylation sites is 2. The molecule has 0 saturated carbocycles. The van der Waals surface area contributed by atoms with Crippen molar-refractivity contribution in [2.24, 2.45) is 0 Å². The molecule has 2 aliphatic rings. The Balaban J connectivity index is 1.28. The van der Waals surface area contributed by atoms with E-state index in [1.165, 1.54) is 0 Å². The van der Waals surface area contributed by atoms with E-state index in [4.69, 9.17) is 14.2 Å². The second-order valence-electron chi connectivity index (χ2n) is 7.05. The number of carbonyl (C=O) groups excluding carboxylic acids is 2. The van der Waals surface area contributed by atoms with Gasteiger partial charge in [0.05, 0.1) is 5.69 Å². The average Bonchev–Trinajstić information content (AvgIpc) is 2.74. The Labute approximate surface area is 169 Å². The molecule has 7 heteroatoms. The fourth-order valence-corrected chi connectivity index (χ4v) is 3.48. The molecule has 2 aromatic carbocycles. The van der Waals surface area contributed by atoms with E-state index in [2.05, 4.69) is 5.32 Å². The fourth-order valence-electron chi connectivity index (χ4n) is 3.48. The molecule has 152 valence electrons. The minimum atomic E-state index is -0.553. The lowest BCUT2D eigenvalue weighted by Gasteiger charge is -2.32. The van der Waals surface area contributed by atoms with Crippen LogP contribution in [0.5, 0.6) is 17.2 Å². The Kier molecular flexibility index (Phi) is 5.55. The van der Waals surface area contributed by atoms with Crippen molar-refractivity contribution in [3.8, 4) is 17.2 Å². The van der Waals surface area contributed by atoms with Crippen molar-refractivity contribution in [3.63, 3.8) is 0 Å². The number of hydrogen-bond acceptors (Lipinski definition) is 5. The molecule has 2 heterocycles. The van der Waals surface area contributed by atoms with Crippen LogP contribution in [0.25, 0.3) is 0 Å². The molecule has 0 radical (unpaired) electrons. The summed E-state index contributed by atoms with van der Waals surface area (Å²) in [5.74, 6) is 1.95. The zero-order valence-corrected chi connectivity index (χ0v) is 16.3. The largest absolute Gasteiger partial charge is 0.486 e. The van der Waals surface area contributed by atoms with E-state index in [9.17, 15) is 9.59 Å². The third-order valence-electron chi connectivity index (χ3n) is 4.98. The first kappa shape index (κ1) is 19.1. The Bertz CT molecular complexity index is 914. The van der Waals surface area contributed by atoms with Gasteiger partial charge in [-0.3, -0.25) is 9.59 Å². The molecule has 0 aromatic heterocycles. The van der Waals surface area contributed by atoms with E-state index >= 15 is 0 Å². The maximum absolute atomic E-state index is 12.5. The van der Waals surface area contributed by atoms with Crippen LogP contribution in [0.1, 0.15) is 18.9 Å². The summed E-state index contributed by atoms with van der Waals surface area (Å²) < 4.78 is 16.7.